The first-order valence-electron chi connectivity index (χ1n) is 7.71. The van der Waals surface area contributed by atoms with Gasteiger partial charge in [0.1, 0.15) is 5.76 Å². The molecule has 19 heavy (non-hydrogen) atoms. The van der Waals surface area contributed by atoms with Crippen LogP contribution in [-0.2, 0) is 19.4 Å². The molecule has 2 N–H and O–H groups in total. The van der Waals surface area contributed by atoms with Crippen LogP contribution >= 0.6 is 0 Å². The van der Waals surface area contributed by atoms with Crippen LogP contribution in [0.2, 0.25) is 0 Å². The SMILES string of the molecule is NC1CN(Cc2nc3c(o2)CCCC3)CC12CCC2. The fourth-order valence-electron chi connectivity index (χ4n) is 4.04. The van der Waals surface area contributed by atoms with Crippen LogP contribution < -0.4 is 5.73 Å². The first-order valence-corrected chi connectivity index (χ1v) is 7.71. The summed E-state index contributed by atoms with van der Waals surface area (Å²) in [7, 11) is 0. The Labute approximate surface area is 114 Å². The fourth-order valence-corrected chi connectivity index (χ4v) is 4.04. The second-order valence-corrected chi connectivity index (χ2v) is 6.68. The second kappa shape index (κ2) is 4.32. The van der Waals surface area contributed by atoms with Gasteiger partial charge in [-0.1, -0.05) is 6.42 Å². The van der Waals surface area contributed by atoms with E-state index in [-0.39, 0.29) is 0 Å². The van der Waals surface area contributed by atoms with Crippen molar-refractivity contribution < 1.29 is 4.42 Å². The molecule has 104 valence electrons. The van der Waals surface area contributed by atoms with E-state index in [1.807, 2.05) is 0 Å². The zero-order valence-corrected chi connectivity index (χ0v) is 11.5. The number of rotatable bonds is 2. The summed E-state index contributed by atoms with van der Waals surface area (Å²) < 4.78 is 5.93. The van der Waals surface area contributed by atoms with Crippen LogP contribution in [0.1, 0.15) is 49.4 Å². The van der Waals surface area contributed by atoms with E-state index >= 15 is 0 Å². The van der Waals surface area contributed by atoms with Crippen molar-refractivity contribution in [3.63, 3.8) is 0 Å². The van der Waals surface area contributed by atoms with Gasteiger partial charge in [0, 0.05) is 25.6 Å². The van der Waals surface area contributed by atoms with E-state index in [1.54, 1.807) is 0 Å². The van der Waals surface area contributed by atoms with Crippen LogP contribution in [-0.4, -0.2) is 29.0 Å². The first-order chi connectivity index (χ1) is 9.25. The minimum atomic E-state index is 0.353. The summed E-state index contributed by atoms with van der Waals surface area (Å²) in [6.45, 7) is 3.00. The molecular weight excluding hydrogens is 238 g/mol. The quantitative estimate of drug-likeness (QED) is 0.883. The van der Waals surface area contributed by atoms with Gasteiger partial charge < -0.3 is 10.2 Å². The van der Waals surface area contributed by atoms with E-state index in [1.165, 1.54) is 37.8 Å². The highest BCUT2D eigenvalue weighted by Crippen LogP contribution is 2.47. The zero-order valence-electron chi connectivity index (χ0n) is 11.5. The first kappa shape index (κ1) is 11.9. The normalized spacial score (nSPS) is 29.4. The number of likely N-dealkylation sites (tertiary alicyclic amines) is 1. The molecule has 1 atom stereocenters. The molecule has 2 heterocycles. The van der Waals surface area contributed by atoms with E-state index < -0.39 is 0 Å². The number of aryl methyl sites for hydroxylation is 2. The number of nitrogens with two attached hydrogens (primary N) is 1. The number of aromatic nitrogens is 1. The molecule has 0 aromatic carbocycles. The highest BCUT2D eigenvalue weighted by molar-refractivity contribution is 5.13. The Morgan fingerprint density at radius 2 is 2.11 bits per heavy atom. The van der Waals surface area contributed by atoms with Gasteiger partial charge in [-0.15, -0.1) is 0 Å². The standard InChI is InChI=1S/C15H23N3O/c16-13-8-18(10-15(13)6-3-7-15)9-14-17-11-4-1-2-5-12(11)19-14/h13H,1-10,16H2. The van der Waals surface area contributed by atoms with Crippen LogP contribution in [0.25, 0.3) is 0 Å². The lowest BCUT2D eigenvalue weighted by molar-refractivity contribution is 0.119. The number of nitrogens with zero attached hydrogens (tertiary/aromatic N) is 2. The lowest BCUT2D eigenvalue weighted by atomic mass is 9.66. The van der Waals surface area contributed by atoms with E-state index in [0.29, 0.717) is 11.5 Å². The second-order valence-electron chi connectivity index (χ2n) is 6.68. The van der Waals surface area contributed by atoms with Crippen molar-refractivity contribution >= 4 is 0 Å². The van der Waals surface area contributed by atoms with Crippen molar-refractivity contribution in [2.24, 2.45) is 11.1 Å². The molecular formula is C15H23N3O. The lowest BCUT2D eigenvalue weighted by Gasteiger charge is -2.41. The topological polar surface area (TPSA) is 55.3 Å². The Bertz CT molecular complexity index is 454. The summed E-state index contributed by atoms with van der Waals surface area (Å²) in [4.78, 5) is 7.13. The fraction of sp³-hybridized carbons (Fsp3) is 0.800. The third kappa shape index (κ3) is 1.93. The van der Waals surface area contributed by atoms with Gasteiger partial charge in [0.25, 0.3) is 0 Å². The largest absolute Gasteiger partial charge is 0.444 e. The van der Waals surface area contributed by atoms with Crippen molar-refractivity contribution in [1.29, 1.82) is 0 Å². The van der Waals surface area contributed by atoms with Crippen molar-refractivity contribution in [2.45, 2.75) is 57.5 Å². The van der Waals surface area contributed by atoms with Crippen molar-refractivity contribution in [1.82, 2.24) is 9.88 Å². The highest BCUT2D eigenvalue weighted by atomic mass is 16.4. The van der Waals surface area contributed by atoms with Gasteiger partial charge in [-0.05, 0) is 37.5 Å². The number of fused-ring (bicyclic) bond motifs is 1. The summed E-state index contributed by atoms with van der Waals surface area (Å²) >= 11 is 0. The maximum atomic E-state index is 6.32. The average molecular weight is 261 g/mol. The predicted molar refractivity (Wildman–Crippen MR) is 72.7 cm³/mol. The molecule has 1 unspecified atom stereocenters. The molecule has 1 saturated carbocycles. The smallest absolute Gasteiger partial charge is 0.208 e. The van der Waals surface area contributed by atoms with Gasteiger partial charge in [0.05, 0.1) is 12.2 Å². The molecule has 0 bridgehead atoms. The molecule has 2 aliphatic carbocycles. The van der Waals surface area contributed by atoms with Gasteiger partial charge in [0.15, 0.2) is 0 Å². The number of hydrogen-bond acceptors (Lipinski definition) is 4. The van der Waals surface area contributed by atoms with E-state index in [9.17, 15) is 0 Å². The highest BCUT2D eigenvalue weighted by Gasteiger charge is 2.48. The Kier molecular flexibility index (Phi) is 2.71. The Morgan fingerprint density at radius 3 is 2.79 bits per heavy atom. The summed E-state index contributed by atoms with van der Waals surface area (Å²) in [5.74, 6) is 2.05. The summed E-state index contributed by atoms with van der Waals surface area (Å²) in [6.07, 6.45) is 8.67. The molecule has 2 fully saturated rings. The third-order valence-corrected chi connectivity index (χ3v) is 5.38. The molecule has 4 rings (SSSR count). The van der Waals surface area contributed by atoms with Gasteiger partial charge in [0.2, 0.25) is 5.89 Å². The predicted octanol–water partition coefficient (Wildman–Crippen LogP) is 1.87. The third-order valence-electron chi connectivity index (χ3n) is 5.38. The lowest BCUT2D eigenvalue weighted by Crippen LogP contribution is -2.45. The molecule has 3 aliphatic rings. The van der Waals surface area contributed by atoms with Crippen molar-refractivity contribution in [3.8, 4) is 0 Å². The number of hydrogen-bond donors (Lipinski definition) is 1. The van der Waals surface area contributed by atoms with Crippen molar-refractivity contribution in [3.05, 3.63) is 17.3 Å². The monoisotopic (exact) mass is 261 g/mol. The van der Waals surface area contributed by atoms with E-state index in [2.05, 4.69) is 9.88 Å². The summed E-state index contributed by atoms with van der Waals surface area (Å²) in [5.41, 5.74) is 7.96. The zero-order chi connectivity index (χ0) is 12.9. The van der Waals surface area contributed by atoms with Gasteiger partial charge in [-0.25, -0.2) is 4.98 Å². The molecule has 0 radical (unpaired) electrons. The Balaban J connectivity index is 1.46. The van der Waals surface area contributed by atoms with Gasteiger partial charge in [-0.3, -0.25) is 4.90 Å². The van der Waals surface area contributed by atoms with Crippen LogP contribution in [0.15, 0.2) is 4.42 Å². The number of oxazole rings is 1. The molecule has 4 nitrogen and oxygen atoms in total. The van der Waals surface area contributed by atoms with Crippen molar-refractivity contribution in [2.75, 3.05) is 13.1 Å². The molecule has 1 aliphatic heterocycles. The van der Waals surface area contributed by atoms with Crippen LogP contribution in [0.4, 0.5) is 0 Å². The molecule has 1 saturated heterocycles. The van der Waals surface area contributed by atoms with Gasteiger partial charge in [-0.2, -0.15) is 0 Å². The van der Waals surface area contributed by atoms with Crippen LogP contribution in [0.3, 0.4) is 0 Å². The Hall–Kier alpha value is -0.870. The Morgan fingerprint density at radius 1 is 1.26 bits per heavy atom. The van der Waals surface area contributed by atoms with Crippen LogP contribution in [0, 0.1) is 5.41 Å². The summed E-state index contributed by atoms with van der Waals surface area (Å²) in [5, 5.41) is 0. The average Bonchev–Trinajstić information content (AvgIpc) is 2.89. The maximum Gasteiger partial charge on any atom is 0.208 e. The van der Waals surface area contributed by atoms with E-state index in [4.69, 9.17) is 10.2 Å². The maximum absolute atomic E-state index is 6.32. The van der Waals surface area contributed by atoms with E-state index in [0.717, 1.165) is 44.1 Å². The van der Waals surface area contributed by atoms with Gasteiger partial charge >= 0.3 is 0 Å². The minimum Gasteiger partial charge on any atom is -0.444 e. The molecule has 4 heteroatoms. The molecule has 1 aromatic rings. The molecule has 0 amide bonds. The molecule has 1 aromatic heterocycles. The molecule has 1 spiro atoms. The summed E-state index contributed by atoms with van der Waals surface area (Å²) in [6, 6.07) is 0.353. The van der Waals surface area contributed by atoms with Crippen LogP contribution in [0.5, 0.6) is 0 Å². The minimum absolute atomic E-state index is 0.353.